The number of rotatable bonds is 5. The summed E-state index contributed by atoms with van der Waals surface area (Å²) in [6, 6.07) is 7.29. The Bertz CT molecular complexity index is 1320. The third-order valence-corrected chi connectivity index (χ3v) is 6.53. The lowest BCUT2D eigenvalue weighted by atomic mass is 9.94. The molecule has 1 aliphatic heterocycles. The van der Waals surface area contributed by atoms with Crippen molar-refractivity contribution >= 4 is 15.8 Å². The van der Waals surface area contributed by atoms with Crippen LogP contribution in [0.2, 0.25) is 0 Å². The summed E-state index contributed by atoms with van der Waals surface area (Å²) in [4.78, 5) is 9.58. The predicted octanol–water partition coefficient (Wildman–Crippen LogP) is 4.64. The summed E-state index contributed by atoms with van der Waals surface area (Å²) in [7, 11) is -4.37. The van der Waals surface area contributed by atoms with Crippen LogP contribution in [0.4, 0.5) is 23.2 Å². The van der Waals surface area contributed by atoms with Gasteiger partial charge in [0.2, 0.25) is 5.88 Å². The standard InChI is InChI=1S/C22H19F4N3O4S/c1-13-17-12-28-20(33-34(30,31)22(24,25)26)9-15(17)5-8-29(13)16-10-18(23)21(19(11-16)32-2)14-3-6-27-7-4-14/h3-4,6-7,9-13H,5,8H2,1-2H3. The first-order chi connectivity index (χ1) is 16.0. The summed E-state index contributed by atoms with van der Waals surface area (Å²) in [5, 5.41) is 0. The second-order valence-electron chi connectivity index (χ2n) is 7.56. The Labute approximate surface area is 193 Å². The minimum atomic E-state index is -5.82. The minimum absolute atomic E-state index is 0.299. The van der Waals surface area contributed by atoms with E-state index in [-0.39, 0.29) is 6.04 Å². The highest BCUT2D eigenvalue weighted by Crippen LogP contribution is 2.40. The SMILES string of the molecule is COc1cc(N2CCc3cc(OS(=O)(=O)C(F)(F)F)ncc3C2C)cc(F)c1-c1ccncc1. The number of benzene rings is 1. The van der Waals surface area contributed by atoms with Crippen molar-refractivity contribution in [2.75, 3.05) is 18.6 Å². The van der Waals surface area contributed by atoms with Crippen LogP contribution in [-0.2, 0) is 16.5 Å². The van der Waals surface area contributed by atoms with Crippen molar-refractivity contribution in [3.8, 4) is 22.8 Å². The van der Waals surface area contributed by atoms with Gasteiger partial charge < -0.3 is 13.8 Å². The maximum Gasteiger partial charge on any atom is 0.534 e. The lowest BCUT2D eigenvalue weighted by Crippen LogP contribution is -2.34. The van der Waals surface area contributed by atoms with Gasteiger partial charge in [-0.2, -0.15) is 21.6 Å². The van der Waals surface area contributed by atoms with E-state index in [1.807, 2.05) is 11.8 Å². The van der Waals surface area contributed by atoms with Crippen molar-refractivity contribution in [1.29, 1.82) is 0 Å². The van der Waals surface area contributed by atoms with E-state index in [0.717, 1.165) is 0 Å². The van der Waals surface area contributed by atoms with E-state index < -0.39 is 27.3 Å². The zero-order valence-corrected chi connectivity index (χ0v) is 18.8. The molecule has 0 radical (unpaired) electrons. The molecule has 3 aromatic rings. The fraction of sp³-hybridized carbons (Fsp3) is 0.273. The molecular formula is C22H19F4N3O4S. The third kappa shape index (κ3) is 4.37. The molecule has 1 aliphatic rings. The molecule has 180 valence electrons. The van der Waals surface area contributed by atoms with Crippen molar-refractivity contribution in [1.82, 2.24) is 9.97 Å². The number of halogens is 4. The quantitative estimate of drug-likeness (QED) is 0.289. The van der Waals surface area contributed by atoms with E-state index in [2.05, 4.69) is 14.2 Å². The molecule has 1 aromatic carbocycles. The highest BCUT2D eigenvalue weighted by molar-refractivity contribution is 7.87. The Balaban J connectivity index is 1.64. The molecule has 1 unspecified atom stereocenters. The van der Waals surface area contributed by atoms with Gasteiger partial charge in [-0.25, -0.2) is 9.37 Å². The smallest absolute Gasteiger partial charge is 0.496 e. The van der Waals surface area contributed by atoms with Crippen LogP contribution in [0.5, 0.6) is 11.6 Å². The molecular weight excluding hydrogens is 478 g/mol. The number of aromatic nitrogens is 2. The lowest BCUT2D eigenvalue weighted by molar-refractivity contribution is -0.0501. The lowest BCUT2D eigenvalue weighted by Gasteiger charge is -2.37. The number of anilines is 1. The molecule has 0 amide bonds. The van der Waals surface area contributed by atoms with Crippen molar-refractivity contribution < 1.29 is 34.9 Å². The molecule has 34 heavy (non-hydrogen) atoms. The maximum absolute atomic E-state index is 15.2. The van der Waals surface area contributed by atoms with Gasteiger partial charge in [0.15, 0.2) is 0 Å². The molecule has 7 nitrogen and oxygen atoms in total. The number of pyridine rings is 2. The van der Waals surface area contributed by atoms with Crippen LogP contribution in [0.1, 0.15) is 24.1 Å². The van der Waals surface area contributed by atoms with Gasteiger partial charge in [0.1, 0.15) is 11.6 Å². The molecule has 0 fully saturated rings. The first-order valence-electron chi connectivity index (χ1n) is 10.1. The van der Waals surface area contributed by atoms with Gasteiger partial charge in [0.25, 0.3) is 0 Å². The molecule has 0 spiro atoms. The number of hydrogen-bond donors (Lipinski definition) is 0. The normalized spacial score (nSPS) is 16.2. The number of nitrogens with zero attached hydrogens (tertiary/aromatic N) is 3. The fourth-order valence-electron chi connectivity index (χ4n) is 3.93. The van der Waals surface area contributed by atoms with Crippen LogP contribution in [0.15, 0.2) is 48.9 Å². The van der Waals surface area contributed by atoms with Crippen molar-refractivity contribution in [3.63, 3.8) is 0 Å². The first-order valence-corrected chi connectivity index (χ1v) is 11.5. The van der Waals surface area contributed by atoms with Crippen molar-refractivity contribution in [2.45, 2.75) is 24.9 Å². The minimum Gasteiger partial charge on any atom is -0.496 e. The van der Waals surface area contributed by atoms with Crippen molar-refractivity contribution in [3.05, 3.63) is 65.9 Å². The largest absolute Gasteiger partial charge is 0.534 e. The van der Waals surface area contributed by atoms with Gasteiger partial charge >= 0.3 is 15.6 Å². The Kier molecular flexibility index (Phi) is 6.11. The zero-order valence-electron chi connectivity index (χ0n) is 18.0. The number of alkyl halides is 3. The highest BCUT2D eigenvalue weighted by atomic mass is 32.2. The van der Waals surface area contributed by atoms with Crippen LogP contribution in [-0.4, -0.2) is 37.5 Å². The third-order valence-electron chi connectivity index (χ3n) is 5.58. The molecule has 3 heterocycles. The molecule has 0 N–H and O–H groups in total. The van der Waals surface area contributed by atoms with Crippen molar-refractivity contribution in [2.24, 2.45) is 0 Å². The van der Waals surface area contributed by atoms with Gasteiger partial charge in [-0.3, -0.25) is 4.98 Å². The second kappa shape index (κ2) is 8.75. The molecule has 0 saturated heterocycles. The summed E-state index contributed by atoms with van der Waals surface area (Å²) in [5.74, 6) is -0.817. The molecule has 0 saturated carbocycles. The van der Waals surface area contributed by atoms with E-state index in [4.69, 9.17) is 4.74 Å². The monoisotopic (exact) mass is 497 g/mol. The maximum atomic E-state index is 15.2. The van der Waals surface area contributed by atoms with Gasteiger partial charge in [-0.05, 0) is 48.2 Å². The van der Waals surface area contributed by atoms with Crippen LogP contribution >= 0.6 is 0 Å². The molecule has 0 bridgehead atoms. The van der Waals surface area contributed by atoms with Gasteiger partial charge in [-0.1, -0.05) is 0 Å². The predicted molar refractivity (Wildman–Crippen MR) is 115 cm³/mol. The number of fused-ring (bicyclic) bond motifs is 1. The summed E-state index contributed by atoms with van der Waals surface area (Å²) in [5.41, 5.74) is -2.86. The van der Waals surface area contributed by atoms with E-state index in [1.165, 1.54) is 25.4 Å². The second-order valence-corrected chi connectivity index (χ2v) is 9.10. The zero-order chi connectivity index (χ0) is 24.7. The number of ether oxygens (including phenoxy) is 1. The highest BCUT2D eigenvalue weighted by Gasteiger charge is 2.49. The topological polar surface area (TPSA) is 81.6 Å². The van der Waals surface area contributed by atoms with E-state index in [9.17, 15) is 21.6 Å². The van der Waals surface area contributed by atoms with Gasteiger partial charge in [0.05, 0.1) is 18.7 Å². The van der Waals surface area contributed by atoms with E-state index in [1.54, 1.807) is 30.6 Å². The summed E-state index contributed by atoms with van der Waals surface area (Å²) in [6.45, 7) is 2.22. The number of hydrogen-bond acceptors (Lipinski definition) is 7. The Morgan fingerprint density at radius 3 is 2.50 bits per heavy atom. The summed E-state index contributed by atoms with van der Waals surface area (Å²) < 4.78 is 85.1. The van der Waals surface area contributed by atoms with E-state index in [0.29, 0.717) is 46.7 Å². The average molecular weight is 497 g/mol. The summed E-state index contributed by atoms with van der Waals surface area (Å²) >= 11 is 0. The molecule has 12 heteroatoms. The molecule has 1 atom stereocenters. The summed E-state index contributed by atoms with van der Waals surface area (Å²) in [6.07, 6.45) is 4.72. The molecule has 2 aromatic heterocycles. The molecule has 0 aliphatic carbocycles. The fourth-order valence-corrected chi connectivity index (χ4v) is 4.34. The Morgan fingerprint density at radius 2 is 1.85 bits per heavy atom. The van der Waals surface area contributed by atoms with Gasteiger partial charge in [0, 0.05) is 43.0 Å². The van der Waals surface area contributed by atoms with Crippen LogP contribution in [0.25, 0.3) is 11.1 Å². The van der Waals surface area contributed by atoms with E-state index >= 15 is 4.39 Å². The Hall–Kier alpha value is -3.41. The van der Waals surface area contributed by atoms with Crippen LogP contribution in [0.3, 0.4) is 0 Å². The van der Waals surface area contributed by atoms with Crippen LogP contribution < -0.4 is 13.8 Å². The number of methoxy groups -OCH3 is 1. The molecule has 4 rings (SSSR count). The Morgan fingerprint density at radius 1 is 1.15 bits per heavy atom. The van der Waals surface area contributed by atoms with Crippen LogP contribution in [0, 0.1) is 5.82 Å². The van der Waals surface area contributed by atoms with Gasteiger partial charge in [-0.15, -0.1) is 0 Å². The average Bonchev–Trinajstić information content (AvgIpc) is 2.78. The first kappa shape index (κ1) is 23.7.